The van der Waals surface area contributed by atoms with Crippen molar-refractivity contribution in [2.45, 2.75) is 12.8 Å². The summed E-state index contributed by atoms with van der Waals surface area (Å²) >= 11 is 0. The standard InChI is InChI=1S/C21H26N2O6/c1-26-17-6-4-16(12-19(17)28-3)9-11-23-21(25)29-20-13-15(8-10-22-14-24)5-7-18(20)27-2/h4-7,12-14H,8-11H2,1-3H3,(H,22,24)(H,23,25)/i1D3,2D3,3D3. The van der Waals surface area contributed by atoms with Gasteiger partial charge in [-0.3, -0.25) is 4.79 Å². The summed E-state index contributed by atoms with van der Waals surface area (Å²) in [6, 6.07) is 8.30. The lowest BCUT2D eigenvalue weighted by Crippen LogP contribution is -2.29. The molecule has 2 rings (SSSR count). The second-order valence-corrected chi connectivity index (χ2v) is 5.76. The second-order valence-electron chi connectivity index (χ2n) is 5.76. The van der Waals surface area contributed by atoms with Gasteiger partial charge in [0.05, 0.1) is 33.5 Å². The van der Waals surface area contributed by atoms with Crippen LogP contribution in [0.25, 0.3) is 0 Å². The first-order chi connectivity index (χ1) is 17.5. The highest BCUT2D eigenvalue weighted by Crippen LogP contribution is 2.29. The van der Waals surface area contributed by atoms with Crippen molar-refractivity contribution < 1.29 is 40.9 Å². The van der Waals surface area contributed by atoms with Crippen molar-refractivity contribution in [3.63, 3.8) is 0 Å². The molecule has 0 aromatic heterocycles. The Kier molecular flexibility index (Phi) is 4.81. The molecule has 0 heterocycles. The maximum Gasteiger partial charge on any atom is 0.412 e. The topological polar surface area (TPSA) is 95.1 Å². The molecule has 156 valence electrons. The molecule has 0 aliphatic carbocycles. The van der Waals surface area contributed by atoms with Crippen molar-refractivity contribution in [2.24, 2.45) is 0 Å². The summed E-state index contributed by atoms with van der Waals surface area (Å²) in [7, 11) is -8.48. The lowest BCUT2D eigenvalue weighted by Gasteiger charge is -2.12. The van der Waals surface area contributed by atoms with Gasteiger partial charge in [0.15, 0.2) is 23.0 Å². The van der Waals surface area contributed by atoms with E-state index in [2.05, 4.69) is 10.6 Å². The van der Waals surface area contributed by atoms with Crippen molar-refractivity contribution in [2.75, 3.05) is 34.2 Å². The molecule has 0 atom stereocenters. The summed E-state index contributed by atoms with van der Waals surface area (Å²) < 4.78 is 85.2. The molecule has 2 N–H and O–H groups in total. The molecule has 8 heteroatoms. The molecule has 8 nitrogen and oxygen atoms in total. The Morgan fingerprint density at radius 2 is 1.48 bits per heavy atom. The first kappa shape index (κ1) is 12.2. The van der Waals surface area contributed by atoms with Crippen LogP contribution in [0.15, 0.2) is 36.4 Å². The molecule has 2 amide bonds. The largest absolute Gasteiger partial charge is 0.493 e. The fraction of sp³-hybridized carbons (Fsp3) is 0.333. The first-order valence-corrected chi connectivity index (χ1v) is 8.50. The third-order valence-corrected chi connectivity index (χ3v) is 3.87. The fourth-order valence-electron chi connectivity index (χ4n) is 2.46. The van der Waals surface area contributed by atoms with Crippen LogP contribution in [0.1, 0.15) is 23.5 Å². The molecule has 0 bridgehead atoms. The molecule has 29 heavy (non-hydrogen) atoms. The maximum absolute atomic E-state index is 12.4. The minimum atomic E-state index is -2.86. The predicted octanol–water partition coefficient (Wildman–Crippen LogP) is 2.33. The number of ether oxygens (including phenoxy) is 4. The van der Waals surface area contributed by atoms with Gasteiger partial charge in [-0.1, -0.05) is 12.1 Å². The zero-order chi connectivity index (χ0) is 28.6. The van der Waals surface area contributed by atoms with Crippen LogP contribution < -0.4 is 29.6 Å². The Balaban J connectivity index is 2.08. The van der Waals surface area contributed by atoms with E-state index in [-0.39, 0.29) is 36.0 Å². The van der Waals surface area contributed by atoms with Crippen LogP contribution in [0, 0.1) is 0 Å². The number of carbonyl (C=O) groups is 2. The number of carbonyl (C=O) groups excluding carboxylic acids is 2. The molecular weight excluding hydrogens is 376 g/mol. The van der Waals surface area contributed by atoms with Crippen molar-refractivity contribution in [3.05, 3.63) is 47.5 Å². The van der Waals surface area contributed by atoms with Crippen molar-refractivity contribution >= 4 is 12.5 Å². The Labute approximate surface area is 182 Å². The van der Waals surface area contributed by atoms with Gasteiger partial charge in [-0.2, -0.15) is 0 Å². The van der Waals surface area contributed by atoms with Gasteiger partial charge < -0.3 is 29.6 Å². The molecule has 0 radical (unpaired) electrons. The summed E-state index contributed by atoms with van der Waals surface area (Å²) in [6.07, 6.45) is 0.150. The highest BCUT2D eigenvalue weighted by molar-refractivity contribution is 5.71. The Hall–Kier alpha value is -3.42. The van der Waals surface area contributed by atoms with Crippen LogP contribution in [-0.4, -0.2) is 46.7 Å². The summed E-state index contributed by atoms with van der Waals surface area (Å²) in [6.45, 7) is 0.308. The van der Waals surface area contributed by atoms with Crippen LogP contribution >= 0.6 is 0 Å². The van der Waals surface area contributed by atoms with Gasteiger partial charge in [0, 0.05) is 13.1 Å². The maximum atomic E-state index is 12.4. The molecule has 0 unspecified atom stereocenters. The van der Waals surface area contributed by atoms with E-state index in [4.69, 9.17) is 31.3 Å². The summed E-state index contributed by atoms with van der Waals surface area (Å²) in [5, 5.41) is 4.96. The highest BCUT2D eigenvalue weighted by atomic mass is 16.6. The molecule has 0 aliphatic rings. The number of hydrogen-bond acceptors (Lipinski definition) is 6. The van der Waals surface area contributed by atoms with Crippen LogP contribution in [0.4, 0.5) is 4.79 Å². The molecule has 0 saturated carbocycles. The number of nitrogens with one attached hydrogen (secondary N) is 2. The predicted molar refractivity (Wildman–Crippen MR) is 108 cm³/mol. The van der Waals surface area contributed by atoms with Crippen LogP contribution in [0.3, 0.4) is 0 Å². The SMILES string of the molecule is [2H]C([2H])([2H])Oc1ccc(CCNC=O)cc1OC(=O)NCCc1ccc(OC([2H])([2H])[2H])c(OC([2H])([2H])[2H])c1. The Bertz CT molecular complexity index is 1100. The monoisotopic (exact) mass is 411 g/mol. The van der Waals surface area contributed by atoms with Gasteiger partial charge in [0.1, 0.15) is 0 Å². The number of amides is 2. The molecule has 0 saturated heterocycles. The normalized spacial score (nSPS) is 15.9. The van der Waals surface area contributed by atoms with E-state index < -0.39 is 27.2 Å². The van der Waals surface area contributed by atoms with Gasteiger partial charge in [0.25, 0.3) is 0 Å². The van der Waals surface area contributed by atoms with E-state index in [1.807, 2.05) is 0 Å². The van der Waals surface area contributed by atoms with E-state index in [9.17, 15) is 9.59 Å². The zero-order valence-electron chi connectivity index (χ0n) is 24.3. The van der Waals surface area contributed by atoms with Gasteiger partial charge in [-0.25, -0.2) is 4.79 Å². The molecule has 0 aliphatic heterocycles. The van der Waals surface area contributed by atoms with Gasteiger partial charge >= 0.3 is 6.09 Å². The molecule has 2 aromatic carbocycles. The Morgan fingerprint density at radius 1 is 0.897 bits per heavy atom. The minimum Gasteiger partial charge on any atom is -0.493 e. The van der Waals surface area contributed by atoms with Gasteiger partial charge in [-0.05, 0) is 48.2 Å². The fourth-order valence-corrected chi connectivity index (χ4v) is 2.46. The zero-order valence-corrected chi connectivity index (χ0v) is 15.3. The van der Waals surface area contributed by atoms with Gasteiger partial charge in [-0.15, -0.1) is 0 Å². The molecule has 0 spiro atoms. The van der Waals surface area contributed by atoms with Crippen LogP contribution in [-0.2, 0) is 17.6 Å². The van der Waals surface area contributed by atoms with Crippen molar-refractivity contribution in [3.8, 4) is 23.0 Å². The number of benzene rings is 2. The van der Waals surface area contributed by atoms with Crippen molar-refractivity contribution in [1.82, 2.24) is 10.6 Å². The summed E-state index contributed by atoms with van der Waals surface area (Å²) in [5.74, 6) is -0.943. The first-order valence-electron chi connectivity index (χ1n) is 13.0. The number of hydrogen-bond donors (Lipinski definition) is 2. The number of methoxy groups -OCH3 is 3. The lowest BCUT2D eigenvalue weighted by molar-refractivity contribution is -0.109. The third kappa shape index (κ3) is 6.60. The molecule has 2 aromatic rings. The van der Waals surface area contributed by atoms with E-state index in [1.165, 1.54) is 30.3 Å². The summed E-state index contributed by atoms with van der Waals surface area (Å²) in [5.41, 5.74) is 1.12. The highest BCUT2D eigenvalue weighted by Gasteiger charge is 2.11. The third-order valence-electron chi connectivity index (χ3n) is 3.87. The van der Waals surface area contributed by atoms with Crippen molar-refractivity contribution in [1.29, 1.82) is 0 Å². The minimum absolute atomic E-state index is 0.00389. The van der Waals surface area contributed by atoms with E-state index in [0.29, 0.717) is 30.5 Å². The molecular formula is C21H26N2O6. The van der Waals surface area contributed by atoms with E-state index in [0.717, 1.165) is 0 Å². The van der Waals surface area contributed by atoms with Crippen LogP contribution in [0.2, 0.25) is 0 Å². The number of rotatable bonds is 11. The molecule has 0 fully saturated rings. The summed E-state index contributed by atoms with van der Waals surface area (Å²) in [4.78, 5) is 22.8. The van der Waals surface area contributed by atoms with Crippen LogP contribution in [0.5, 0.6) is 23.0 Å². The second kappa shape index (κ2) is 11.4. The average Bonchev–Trinajstić information content (AvgIpc) is 2.74. The van der Waals surface area contributed by atoms with Gasteiger partial charge in [0.2, 0.25) is 6.41 Å². The quantitative estimate of drug-likeness (QED) is 0.435. The smallest absolute Gasteiger partial charge is 0.412 e. The average molecular weight is 412 g/mol. The lowest BCUT2D eigenvalue weighted by atomic mass is 10.1. The van der Waals surface area contributed by atoms with E-state index in [1.54, 1.807) is 6.07 Å². The Morgan fingerprint density at radius 3 is 2.14 bits per heavy atom. The van der Waals surface area contributed by atoms with E-state index >= 15 is 0 Å².